The van der Waals surface area contributed by atoms with Crippen molar-refractivity contribution >= 4 is 0 Å². The van der Waals surface area contributed by atoms with Crippen LogP contribution in [0, 0.1) is 11.8 Å². The van der Waals surface area contributed by atoms with E-state index in [1.807, 2.05) is 0 Å². The lowest BCUT2D eigenvalue weighted by Gasteiger charge is -2.19. The van der Waals surface area contributed by atoms with Crippen molar-refractivity contribution in [2.75, 3.05) is 0 Å². The highest BCUT2D eigenvalue weighted by Gasteiger charge is 2.25. The molecule has 0 radical (unpaired) electrons. The van der Waals surface area contributed by atoms with E-state index in [4.69, 9.17) is 5.11 Å². The van der Waals surface area contributed by atoms with Crippen molar-refractivity contribution < 1.29 is 9.50 Å². The van der Waals surface area contributed by atoms with E-state index in [0.717, 1.165) is 18.3 Å². The highest BCUT2D eigenvalue weighted by molar-refractivity contribution is 4.80. The van der Waals surface area contributed by atoms with E-state index in [1.54, 1.807) is 0 Å². The molecule has 0 heterocycles. The van der Waals surface area contributed by atoms with Gasteiger partial charge in [-0.15, -0.1) is 0 Å². The Morgan fingerprint density at radius 2 is 1.45 bits per heavy atom. The summed E-state index contributed by atoms with van der Waals surface area (Å²) in [5.74, 6) is 1.95. The van der Waals surface area contributed by atoms with E-state index in [2.05, 4.69) is 6.92 Å². The molecule has 130 valence electrons. The van der Waals surface area contributed by atoms with Crippen LogP contribution in [0.2, 0.25) is 0 Å². The van der Waals surface area contributed by atoms with Gasteiger partial charge in [0.2, 0.25) is 0 Å². The molecule has 1 aliphatic carbocycles. The number of aliphatic hydroxyl groups is 1. The number of hydrogen-bond donors (Lipinski definition) is 1. The van der Waals surface area contributed by atoms with Gasteiger partial charge in [-0.1, -0.05) is 90.4 Å². The Morgan fingerprint density at radius 3 is 2.05 bits per heavy atom. The lowest BCUT2D eigenvalue weighted by atomic mass is 9.87. The van der Waals surface area contributed by atoms with Gasteiger partial charge in [-0.3, -0.25) is 0 Å². The molecular formula is C20H37FO. The molecule has 1 aliphatic rings. The average molecular weight is 313 g/mol. The van der Waals surface area contributed by atoms with Crippen molar-refractivity contribution in [1.82, 2.24) is 0 Å². The molecule has 0 aromatic rings. The highest BCUT2D eigenvalue weighted by atomic mass is 19.1. The van der Waals surface area contributed by atoms with Gasteiger partial charge in [0.1, 0.15) is 0 Å². The van der Waals surface area contributed by atoms with Gasteiger partial charge in [-0.2, -0.15) is 4.39 Å². The molecule has 0 saturated heterocycles. The van der Waals surface area contributed by atoms with Crippen LogP contribution in [0.4, 0.5) is 4.39 Å². The molecule has 1 fully saturated rings. The van der Waals surface area contributed by atoms with E-state index < -0.39 is 6.01 Å². The van der Waals surface area contributed by atoms with E-state index >= 15 is 0 Å². The maximum atomic E-state index is 12.1. The van der Waals surface area contributed by atoms with Crippen LogP contribution in [-0.4, -0.2) is 5.11 Å². The van der Waals surface area contributed by atoms with Crippen molar-refractivity contribution in [2.24, 2.45) is 11.8 Å². The van der Waals surface area contributed by atoms with Gasteiger partial charge in [0, 0.05) is 0 Å². The SMILES string of the molecule is CCCCCCCC[C@H]1CCC[C@@H]1CCCCCC=C(O)F. The summed E-state index contributed by atoms with van der Waals surface area (Å²) in [6.07, 6.45) is 21.0. The smallest absolute Gasteiger partial charge is 0.266 e. The average Bonchev–Trinajstić information content (AvgIpc) is 2.93. The fraction of sp³-hybridized carbons (Fsp3) is 0.900. The van der Waals surface area contributed by atoms with Gasteiger partial charge >= 0.3 is 0 Å². The molecule has 1 saturated carbocycles. The standard InChI is InChI=1S/C20H37FO/c1-2-3-4-5-6-9-13-18-15-12-16-19(18)14-10-7-8-11-17-20(21)22/h17-19,22H,2-16H2,1H3/t18-,19-/m0/s1. The normalized spacial score (nSPS) is 22.4. The second-order valence-corrected chi connectivity index (χ2v) is 7.17. The summed E-state index contributed by atoms with van der Waals surface area (Å²) >= 11 is 0. The Hall–Kier alpha value is -0.530. The quantitative estimate of drug-likeness (QED) is 0.276. The van der Waals surface area contributed by atoms with Crippen LogP contribution in [0.15, 0.2) is 12.1 Å². The summed E-state index contributed by atoms with van der Waals surface area (Å²) in [5.41, 5.74) is 0. The molecule has 1 N–H and O–H groups in total. The van der Waals surface area contributed by atoms with Crippen molar-refractivity contribution in [3.05, 3.63) is 12.1 Å². The summed E-state index contributed by atoms with van der Waals surface area (Å²) in [7, 11) is 0. The molecule has 0 aliphatic heterocycles. The summed E-state index contributed by atoms with van der Waals surface area (Å²) in [6.45, 7) is 2.28. The molecule has 0 spiro atoms. The Morgan fingerprint density at radius 1 is 0.909 bits per heavy atom. The minimum atomic E-state index is -1.02. The first-order valence-corrected chi connectivity index (χ1v) is 9.78. The first-order valence-electron chi connectivity index (χ1n) is 9.78. The first kappa shape index (κ1) is 19.5. The van der Waals surface area contributed by atoms with E-state index in [0.29, 0.717) is 6.42 Å². The monoisotopic (exact) mass is 312 g/mol. The summed E-state index contributed by atoms with van der Waals surface area (Å²) in [5, 5.41) is 8.46. The van der Waals surface area contributed by atoms with Crippen LogP contribution in [0.3, 0.4) is 0 Å². The topological polar surface area (TPSA) is 20.2 Å². The Bertz CT molecular complexity index is 283. The van der Waals surface area contributed by atoms with Crippen LogP contribution < -0.4 is 0 Å². The zero-order valence-electron chi connectivity index (χ0n) is 14.7. The number of unbranched alkanes of at least 4 members (excludes halogenated alkanes) is 8. The zero-order valence-corrected chi connectivity index (χ0v) is 14.7. The fourth-order valence-corrected chi connectivity index (χ4v) is 4.01. The summed E-state index contributed by atoms with van der Waals surface area (Å²) in [4.78, 5) is 0. The summed E-state index contributed by atoms with van der Waals surface area (Å²) in [6, 6.07) is -1.02. The maximum absolute atomic E-state index is 12.1. The second-order valence-electron chi connectivity index (χ2n) is 7.17. The molecule has 22 heavy (non-hydrogen) atoms. The first-order chi connectivity index (χ1) is 10.7. The van der Waals surface area contributed by atoms with Gasteiger partial charge < -0.3 is 5.11 Å². The minimum absolute atomic E-state index is 0.675. The Labute approximate surface area is 137 Å². The molecule has 2 atom stereocenters. The minimum Gasteiger partial charge on any atom is -0.487 e. The van der Waals surface area contributed by atoms with E-state index in [9.17, 15) is 4.39 Å². The third kappa shape index (κ3) is 9.48. The van der Waals surface area contributed by atoms with Gasteiger partial charge in [0.25, 0.3) is 6.01 Å². The molecule has 1 nitrogen and oxygen atoms in total. The largest absolute Gasteiger partial charge is 0.487 e. The van der Waals surface area contributed by atoms with Crippen LogP contribution in [0.1, 0.15) is 103 Å². The molecule has 0 aromatic heterocycles. The molecular weight excluding hydrogens is 275 g/mol. The van der Waals surface area contributed by atoms with Crippen LogP contribution in [0.25, 0.3) is 0 Å². The highest BCUT2D eigenvalue weighted by Crippen LogP contribution is 2.38. The van der Waals surface area contributed by atoms with Gasteiger partial charge in [-0.05, 0) is 30.8 Å². The predicted molar refractivity (Wildman–Crippen MR) is 93.7 cm³/mol. The van der Waals surface area contributed by atoms with E-state index in [1.165, 1.54) is 89.5 Å². The molecule has 2 heteroatoms. The lowest BCUT2D eigenvalue weighted by Crippen LogP contribution is -2.08. The van der Waals surface area contributed by atoms with Crippen LogP contribution in [-0.2, 0) is 0 Å². The molecule has 0 unspecified atom stereocenters. The number of allylic oxidation sites excluding steroid dienone is 1. The van der Waals surface area contributed by atoms with Gasteiger partial charge in [0.05, 0.1) is 0 Å². The zero-order chi connectivity index (χ0) is 16.0. The molecule has 0 bridgehead atoms. The Balaban J connectivity index is 2.01. The van der Waals surface area contributed by atoms with Gasteiger partial charge in [-0.25, -0.2) is 0 Å². The van der Waals surface area contributed by atoms with Crippen molar-refractivity contribution in [2.45, 2.75) is 103 Å². The van der Waals surface area contributed by atoms with Crippen molar-refractivity contribution in [3.63, 3.8) is 0 Å². The third-order valence-electron chi connectivity index (χ3n) is 5.34. The molecule has 0 aromatic carbocycles. The number of halogens is 1. The maximum Gasteiger partial charge on any atom is 0.266 e. The van der Waals surface area contributed by atoms with Crippen molar-refractivity contribution in [3.8, 4) is 0 Å². The van der Waals surface area contributed by atoms with E-state index in [-0.39, 0.29) is 0 Å². The number of rotatable bonds is 13. The van der Waals surface area contributed by atoms with Crippen LogP contribution >= 0.6 is 0 Å². The summed E-state index contributed by atoms with van der Waals surface area (Å²) < 4.78 is 12.1. The van der Waals surface area contributed by atoms with Crippen molar-refractivity contribution in [1.29, 1.82) is 0 Å². The Kier molecular flexibility index (Phi) is 11.5. The van der Waals surface area contributed by atoms with Crippen LogP contribution in [0.5, 0.6) is 0 Å². The predicted octanol–water partition coefficient (Wildman–Crippen LogP) is 7.47. The van der Waals surface area contributed by atoms with Gasteiger partial charge in [0.15, 0.2) is 0 Å². The second kappa shape index (κ2) is 13.0. The molecule has 0 amide bonds. The molecule has 1 rings (SSSR count). The third-order valence-corrected chi connectivity index (χ3v) is 5.34. The lowest BCUT2D eigenvalue weighted by molar-refractivity contribution is 0.280. The number of aliphatic hydroxyl groups excluding tert-OH is 1. The fourth-order valence-electron chi connectivity index (χ4n) is 4.01. The number of hydrogen-bond acceptors (Lipinski definition) is 1.